The highest BCUT2D eigenvalue weighted by atomic mass is 19.1. The molecular weight excluding hydrogens is 361 g/mol. The fourth-order valence-corrected chi connectivity index (χ4v) is 3.34. The summed E-state index contributed by atoms with van der Waals surface area (Å²) in [6.07, 6.45) is 0. The number of methoxy groups -OCH3 is 2. The van der Waals surface area contributed by atoms with Gasteiger partial charge in [0.1, 0.15) is 23.4 Å². The fraction of sp³-hybridized carbons (Fsp3) is 0.333. The average Bonchev–Trinajstić information content (AvgIpc) is 2.75. The van der Waals surface area contributed by atoms with E-state index < -0.39 is 11.9 Å². The van der Waals surface area contributed by atoms with Gasteiger partial charge in [0.2, 0.25) is 0 Å². The van der Waals surface area contributed by atoms with Crippen LogP contribution in [0.2, 0.25) is 0 Å². The Labute approximate surface area is 163 Å². The summed E-state index contributed by atoms with van der Waals surface area (Å²) >= 11 is 0. The number of hydrogen-bond acceptors (Lipinski definition) is 5. The van der Waals surface area contributed by atoms with Crippen LogP contribution in [0.1, 0.15) is 22.0 Å². The topological polar surface area (TPSA) is 65.8 Å². The zero-order valence-corrected chi connectivity index (χ0v) is 15.9. The third-order valence-corrected chi connectivity index (χ3v) is 4.89. The summed E-state index contributed by atoms with van der Waals surface area (Å²) in [5, 5.41) is 9.56. The number of carbonyl (C=O) groups excluding carboxylic acids is 1. The summed E-state index contributed by atoms with van der Waals surface area (Å²) in [6.45, 7) is 1.87. The van der Waals surface area contributed by atoms with Gasteiger partial charge in [-0.15, -0.1) is 0 Å². The van der Waals surface area contributed by atoms with Gasteiger partial charge in [-0.05, 0) is 18.2 Å². The Kier molecular flexibility index (Phi) is 6.12. The molecule has 1 aliphatic heterocycles. The first-order valence-electron chi connectivity index (χ1n) is 8.97. The minimum atomic E-state index is -0.671. The number of ether oxygens (including phenoxy) is 2. The van der Waals surface area contributed by atoms with Gasteiger partial charge in [-0.2, -0.15) is 5.26 Å². The average molecular weight is 383 g/mol. The fourth-order valence-electron chi connectivity index (χ4n) is 3.34. The van der Waals surface area contributed by atoms with Gasteiger partial charge in [0, 0.05) is 43.4 Å². The smallest absolute Gasteiger partial charge is 0.254 e. The van der Waals surface area contributed by atoms with Crippen molar-refractivity contribution < 1.29 is 18.7 Å². The zero-order valence-electron chi connectivity index (χ0n) is 15.9. The summed E-state index contributed by atoms with van der Waals surface area (Å²) in [5.41, 5.74) is 0.845. The number of halogens is 1. The quantitative estimate of drug-likeness (QED) is 0.794. The SMILES string of the molecule is COc1cc(OC)cc(C(=O)N2CCN(C(C#N)c3ccccc3F)CC2)c1. The number of nitrogens with zero attached hydrogens (tertiary/aromatic N) is 3. The first kappa shape index (κ1) is 19.6. The predicted molar refractivity (Wildman–Crippen MR) is 102 cm³/mol. The van der Waals surface area contributed by atoms with E-state index in [0.29, 0.717) is 48.8 Å². The third-order valence-electron chi connectivity index (χ3n) is 4.89. The summed E-state index contributed by atoms with van der Waals surface area (Å²) < 4.78 is 24.5. The zero-order chi connectivity index (χ0) is 20.1. The molecule has 1 amide bonds. The van der Waals surface area contributed by atoms with Gasteiger partial charge in [-0.25, -0.2) is 4.39 Å². The second-order valence-corrected chi connectivity index (χ2v) is 6.48. The number of amides is 1. The van der Waals surface area contributed by atoms with Crippen LogP contribution in [0.15, 0.2) is 42.5 Å². The van der Waals surface area contributed by atoms with E-state index in [1.54, 1.807) is 41.3 Å². The molecule has 1 fully saturated rings. The standard InChI is InChI=1S/C21H22FN3O3/c1-27-16-11-15(12-17(13-16)28-2)21(26)25-9-7-24(8-10-25)20(14-23)18-5-3-4-6-19(18)22/h3-6,11-13,20H,7-10H2,1-2H3. The van der Waals surface area contributed by atoms with Crippen LogP contribution < -0.4 is 9.47 Å². The van der Waals surface area contributed by atoms with Crippen molar-refractivity contribution in [1.29, 1.82) is 5.26 Å². The Morgan fingerprint density at radius 2 is 1.68 bits per heavy atom. The maximum atomic E-state index is 14.1. The van der Waals surface area contributed by atoms with Crippen molar-refractivity contribution in [2.24, 2.45) is 0 Å². The van der Waals surface area contributed by atoms with Gasteiger partial charge in [0.25, 0.3) is 5.91 Å². The Balaban J connectivity index is 1.71. The highest BCUT2D eigenvalue weighted by Gasteiger charge is 2.29. The minimum Gasteiger partial charge on any atom is -0.497 e. The van der Waals surface area contributed by atoms with E-state index in [0.717, 1.165) is 0 Å². The number of nitriles is 1. The maximum absolute atomic E-state index is 14.1. The molecule has 0 saturated carbocycles. The lowest BCUT2D eigenvalue weighted by Crippen LogP contribution is -2.49. The summed E-state index contributed by atoms with van der Waals surface area (Å²) in [5.74, 6) is 0.572. The third kappa shape index (κ3) is 4.07. The molecule has 1 aliphatic rings. The lowest BCUT2D eigenvalue weighted by Gasteiger charge is -2.37. The van der Waals surface area contributed by atoms with Crippen LogP contribution >= 0.6 is 0 Å². The monoisotopic (exact) mass is 383 g/mol. The van der Waals surface area contributed by atoms with Crippen molar-refractivity contribution in [2.75, 3.05) is 40.4 Å². The molecule has 1 saturated heterocycles. The molecule has 0 N–H and O–H groups in total. The number of benzene rings is 2. The van der Waals surface area contributed by atoms with Crippen molar-refractivity contribution in [3.8, 4) is 17.6 Å². The van der Waals surface area contributed by atoms with Gasteiger partial charge >= 0.3 is 0 Å². The highest BCUT2D eigenvalue weighted by Crippen LogP contribution is 2.26. The van der Waals surface area contributed by atoms with E-state index in [1.807, 2.05) is 4.90 Å². The number of carbonyl (C=O) groups is 1. The molecule has 2 aromatic rings. The van der Waals surface area contributed by atoms with Gasteiger partial charge in [-0.3, -0.25) is 9.69 Å². The highest BCUT2D eigenvalue weighted by molar-refractivity contribution is 5.95. The molecule has 0 aliphatic carbocycles. The molecule has 6 nitrogen and oxygen atoms in total. The number of hydrogen-bond donors (Lipinski definition) is 0. The second kappa shape index (κ2) is 8.72. The first-order valence-corrected chi connectivity index (χ1v) is 8.97. The van der Waals surface area contributed by atoms with E-state index in [2.05, 4.69) is 6.07 Å². The van der Waals surface area contributed by atoms with E-state index >= 15 is 0 Å². The molecular formula is C21H22FN3O3. The molecule has 3 rings (SSSR count). The van der Waals surface area contributed by atoms with Crippen molar-refractivity contribution in [3.05, 3.63) is 59.4 Å². The maximum Gasteiger partial charge on any atom is 0.254 e. The number of rotatable bonds is 5. The van der Waals surface area contributed by atoms with Gasteiger partial charge in [-0.1, -0.05) is 18.2 Å². The molecule has 2 aromatic carbocycles. The second-order valence-electron chi connectivity index (χ2n) is 6.48. The number of piperazine rings is 1. The lowest BCUT2D eigenvalue weighted by atomic mass is 10.0. The molecule has 1 unspecified atom stereocenters. The molecule has 1 heterocycles. The Hall–Kier alpha value is -3.11. The van der Waals surface area contributed by atoms with E-state index in [9.17, 15) is 14.4 Å². The van der Waals surface area contributed by atoms with Crippen molar-refractivity contribution in [3.63, 3.8) is 0 Å². The van der Waals surface area contributed by atoms with E-state index in [4.69, 9.17) is 9.47 Å². The Bertz CT molecular complexity index is 866. The van der Waals surface area contributed by atoms with Crippen molar-refractivity contribution >= 4 is 5.91 Å². The van der Waals surface area contributed by atoms with Gasteiger partial charge in [0.05, 0.1) is 20.3 Å². The van der Waals surface area contributed by atoms with Gasteiger partial charge in [0.15, 0.2) is 0 Å². The predicted octanol–water partition coefficient (Wildman–Crippen LogP) is 2.87. The van der Waals surface area contributed by atoms with Crippen LogP contribution in [0.3, 0.4) is 0 Å². The molecule has 0 radical (unpaired) electrons. The molecule has 0 spiro atoms. The van der Waals surface area contributed by atoms with Crippen LogP contribution in [0.4, 0.5) is 4.39 Å². The molecule has 0 bridgehead atoms. The molecule has 28 heavy (non-hydrogen) atoms. The first-order chi connectivity index (χ1) is 13.6. The molecule has 1 atom stereocenters. The van der Waals surface area contributed by atoms with E-state index in [-0.39, 0.29) is 5.91 Å². The van der Waals surface area contributed by atoms with Crippen LogP contribution in [0.25, 0.3) is 0 Å². The largest absolute Gasteiger partial charge is 0.497 e. The van der Waals surface area contributed by atoms with E-state index in [1.165, 1.54) is 20.3 Å². The van der Waals surface area contributed by atoms with Crippen molar-refractivity contribution in [2.45, 2.75) is 6.04 Å². The summed E-state index contributed by atoms with van der Waals surface area (Å²) in [6, 6.07) is 12.9. The van der Waals surface area contributed by atoms with Crippen LogP contribution in [-0.4, -0.2) is 56.1 Å². The summed E-state index contributed by atoms with van der Waals surface area (Å²) in [4.78, 5) is 16.5. The lowest BCUT2D eigenvalue weighted by molar-refractivity contribution is 0.0603. The van der Waals surface area contributed by atoms with Crippen LogP contribution in [0.5, 0.6) is 11.5 Å². The Morgan fingerprint density at radius 3 is 2.21 bits per heavy atom. The molecule has 0 aromatic heterocycles. The van der Waals surface area contributed by atoms with Crippen molar-refractivity contribution in [1.82, 2.24) is 9.80 Å². The summed E-state index contributed by atoms with van der Waals surface area (Å²) in [7, 11) is 3.07. The van der Waals surface area contributed by atoms with Crippen LogP contribution in [0, 0.1) is 17.1 Å². The molecule has 7 heteroatoms. The van der Waals surface area contributed by atoms with Crippen LogP contribution in [-0.2, 0) is 0 Å². The Morgan fingerprint density at radius 1 is 1.07 bits per heavy atom. The molecule has 146 valence electrons. The minimum absolute atomic E-state index is 0.128. The normalized spacial score (nSPS) is 15.6. The van der Waals surface area contributed by atoms with Gasteiger partial charge < -0.3 is 14.4 Å².